The van der Waals surface area contributed by atoms with Gasteiger partial charge in [0.05, 0.1) is 24.4 Å². The van der Waals surface area contributed by atoms with Crippen molar-refractivity contribution in [1.82, 2.24) is 24.3 Å². The van der Waals surface area contributed by atoms with Crippen LogP contribution in [0.4, 0.5) is 0 Å². The van der Waals surface area contributed by atoms with Crippen LogP contribution in [0.5, 0.6) is 0 Å². The highest BCUT2D eigenvalue weighted by Crippen LogP contribution is 2.05. The summed E-state index contributed by atoms with van der Waals surface area (Å²) in [5, 5.41) is 7.79. The number of imidazole rings is 1. The van der Waals surface area contributed by atoms with Crippen molar-refractivity contribution in [3.8, 4) is 0 Å². The Balaban J connectivity index is 2.22. The fraction of sp³-hybridized carbons (Fsp3) is 0.375. The fourth-order valence-electron chi connectivity index (χ4n) is 1.20. The first kappa shape index (κ1) is 9.21. The van der Waals surface area contributed by atoms with Crippen LogP contribution in [0.3, 0.4) is 0 Å². The lowest BCUT2D eigenvalue weighted by Gasteiger charge is -2.04. The van der Waals surface area contributed by atoms with Crippen molar-refractivity contribution in [1.29, 1.82) is 0 Å². The van der Waals surface area contributed by atoms with Gasteiger partial charge in [-0.1, -0.05) is 0 Å². The van der Waals surface area contributed by atoms with Crippen LogP contribution >= 0.6 is 11.6 Å². The molecule has 74 valence electrons. The minimum absolute atomic E-state index is 0.456. The van der Waals surface area contributed by atoms with Crippen molar-refractivity contribution in [2.45, 2.75) is 12.4 Å². The van der Waals surface area contributed by atoms with Gasteiger partial charge in [-0.15, -0.1) is 21.8 Å². The molecule has 14 heavy (non-hydrogen) atoms. The molecule has 0 bridgehead atoms. The summed E-state index contributed by atoms with van der Waals surface area (Å²) in [6.07, 6.45) is 5.17. The molecule has 0 N–H and O–H groups in total. The van der Waals surface area contributed by atoms with Crippen LogP contribution in [0.1, 0.15) is 11.5 Å². The van der Waals surface area contributed by atoms with Gasteiger partial charge in [0.2, 0.25) is 0 Å². The number of aromatic nitrogens is 5. The zero-order valence-corrected chi connectivity index (χ0v) is 8.52. The number of halogens is 1. The molecular formula is C8H10ClN5. The van der Waals surface area contributed by atoms with E-state index in [-0.39, 0.29) is 0 Å². The summed E-state index contributed by atoms with van der Waals surface area (Å²) in [4.78, 5) is 4.02. The van der Waals surface area contributed by atoms with Crippen LogP contribution < -0.4 is 0 Å². The monoisotopic (exact) mass is 211 g/mol. The van der Waals surface area contributed by atoms with Gasteiger partial charge >= 0.3 is 0 Å². The summed E-state index contributed by atoms with van der Waals surface area (Å²) in [7, 11) is 1.91. The van der Waals surface area contributed by atoms with Crippen LogP contribution in [0.15, 0.2) is 18.9 Å². The first-order chi connectivity index (χ1) is 6.81. The van der Waals surface area contributed by atoms with Gasteiger partial charge in [0.25, 0.3) is 0 Å². The molecule has 0 aliphatic heterocycles. The Bertz CT molecular complexity index is 419. The molecule has 0 aliphatic carbocycles. The van der Waals surface area contributed by atoms with Crippen molar-refractivity contribution < 1.29 is 0 Å². The third kappa shape index (κ3) is 1.63. The number of rotatable bonds is 3. The predicted molar refractivity (Wildman–Crippen MR) is 51.9 cm³/mol. The summed E-state index contributed by atoms with van der Waals surface area (Å²) in [5.74, 6) is 1.34. The lowest BCUT2D eigenvalue weighted by molar-refractivity contribution is 0.680. The predicted octanol–water partition coefficient (Wildman–Crippen LogP) is 0.799. The third-order valence-electron chi connectivity index (χ3n) is 2.05. The average Bonchev–Trinajstić information content (AvgIpc) is 2.77. The highest BCUT2D eigenvalue weighted by molar-refractivity contribution is 6.16. The standard InChI is InChI=1S/C8H10ClN5/c1-13-6-11-12-8(13)4-14-5-10-3-7(14)2-9/h3,5-6H,2,4H2,1H3. The van der Waals surface area contributed by atoms with Gasteiger partial charge < -0.3 is 9.13 Å². The van der Waals surface area contributed by atoms with E-state index in [1.165, 1.54) is 0 Å². The van der Waals surface area contributed by atoms with E-state index in [9.17, 15) is 0 Å². The first-order valence-corrected chi connectivity index (χ1v) is 4.72. The molecule has 2 heterocycles. The van der Waals surface area contributed by atoms with E-state index in [1.54, 1.807) is 18.9 Å². The number of hydrogen-bond acceptors (Lipinski definition) is 3. The van der Waals surface area contributed by atoms with Crippen LogP contribution in [0.25, 0.3) is 0 Å². The van der Waals surface area contributed by atoms with Gasteiger partial charge in [-0.05, 0) is 0 Å². The minimum Gasteiger partial charge on any atom is -0.326 e. The third-order valence-corrected chi connectivity index (χ3v) is 2.33. The average molecular weight is 212 g/mol. The van der Waals surface area contributed by atoms with Crippen LogP contribution in [-0.2, 0) is 19.5 Å². The van der Waals surface area contributed by atoms with E-state index in [0.717, 1.165) is 11.5 Å². The zero-order chi connectivity index (χ0) is 9.97. The van der Waals surface area contributed by atoms with E-state index < -0.39 is 0 Å². The van der Waals surface area contributed by atoms with E-state index in [2.05, 4.69) is 15.2 Å². The number of nitrogens with zero attached hydrogens (tertiary/aromatic N) is 5. The van der Waals surface area contributed by atoms with Crippen molar-refractivity contribution >= 4 is 11.6 Å². The fourth-order valence-corrected chi connectivity index (χ4v) is 1.43. The summed E-state index contributed by atoms with van der Waals surface area (Å²) in [6.45, 7) is 0.651. The highest BCUT2D eigenvalue weighted by Gasteiger charge is 2.05. The second kappa shape index (κ2) is 3.79. The Morgan fingerprint density at radius 3 is 2.93 bits per heavy atom. The lowest BCUT2D eigenvalue weighted by Crippen LogP contribution is -2.06. The summed E-state index contributed by atoms with van der Waals surface area (Å²) in [5.41, 5.74) is 0.981. The molecule has 0 spiro atoms. The molecule has 0 aromatic carbocycles. The SMILES string of the molecule is Cn1cnnc1Cn1cncc1CCl. The quantitative estimate of drug-likeness (QED) is 0.706. The zero-order valence-electron chi connectivity index (χ0n) is 7.76. The summed E-state index contributed by atoms with van der Waals surface area (Å²) >= 11 is 5.75. The van der Waals surface area contributed by atoms with E-state index in [0.29, 0.717) is 12.4 Å². The Morgan fingerprint density at radius 1 is 1.43 bits per heavy atom. The van der Waals surface area contributed by atoms with Crippen molar-refractivity contribution in [3.05, 3.63) is 30.4 Å². The van der Waals surface area contributed by atoms with Crippen molar-refractivity contribution in [3.63, 3.8) is 0 Å². The Labute approximate surface area is 86.4 Å². The maximum Gasteiger partial charge on any atom is 0.152 e. The molecule has 0 radical (unpaired) electrons. The maximum atomic E-state index is 5.75. The van der Waals surface area contributed by atoms with Crippen LogP contribution in [-0.4, -0.2) is 24.3 Å². The normalized spacial score (nSPS) is 10.7. The molecule has 2 rings (SSSR count). The molecule has 0 saturated heterocycles. The molecule has 0 atom stereocenters. The lowest BCUT2D eigenvalue weighted by atomic mass is 10.5. The number of hydrogen-bond donors (Lipinski definition) is 0. The van der Waals surface area contributed by atoms with Gasteiger partial charge in [-0.25, -0.2) is 4.98 Å². The van der Waals surface area contributed by atoms with Gasteiger partial charge in [0.15, 0.2) is 5.82 Å². The number of alkyl halides is 1. The Hall–Kier alpha value is -1.36. The van der Waals surface area contributed by atoms with Gasteiger partial charge in [0, 0.05) is 13.2 Å². The van der Waals surface area contributed by atoms with Crippen LogP contribution in [0, 0.1) is 0 Å². The Kier molecular flexibility index (Phi) is 2.49. The Morgan fingerprint density at radius 2 is 2.29 bits per heavy atom. The second-order valence-electron chi connectivity index (χ2n) is 3.00. The van der Waals surface area contributed by atoms with E-state index in [4.69, 9.17) is 11.6 Å². The van der Waals surface area contributed by atoms with Gasteiger partial charge in [-0.2, -0.15) is 0 Å². The molecule has 0 unspecified atom stereocenters. The van der Waals surface area contributed by atoms with Gasteiger partial charge in [0.1, 0.15) is 6.33 Å². The maximum absolute atomic E-state index is 5.75. The number of aryl methyl sites for hydroxylation is 1. The summed E-state index contributed by atoms with van der Waals surface area (Å²) < 4.78 is 3.83. The molecule has 5 nitrogen and oxygen atoms in total. The topological polar surface area (TPSA) is 48.5 Å². The largest absolute Gasteiger partial charge is 0.326 e. The minimum atomic E-state index is 0.456. The smallest absolute Gasteiger partial charge is 0.152 e. The molecular weight excluding hydrogens is 202 g/mol. The van der Waals surface area contributed by atoms with Gasteiger partial charge in [-0.3, -0.25) is 0 Å². The summed E-state index contributed by atoms with van der Waals surface area (Å²) in [6, 6.07) is 0. The van der Waals surface area contributed by atoms with Crippen LogP contribution in [0.2, 0.25) is 0 Å². The molecule has 6 heteroatoms. The van der Waals surface area contributed by atoms with Crippen molar-refractivity contribution in [2.75, 3.05) is 0 Å². The first-order valence-electron chi connectivity index (χ1n) is 4.19. The molecule has 2 aromatic rings. The molecule has 0 aliphatic rings. The highest BCUT2D eigenvalue weighted by atomic mass is 35.5. The molecule has 0 amide bonds. The molecule has 0 fully saturated rings. The van der Waals surface area contributed by atoms with E-state index in [1.807, 2.05) is 16.2 Å². The van der Waals surface area contributed by atoms with Crippen molar-refractivity contribution in [2.24, 2.45) is 7.05 Å². The molecule has 0 saturated carbocycles. The van der Waals surface area contributed by atoms with E-state index >= 15 is 0 Å². The second-order valence-corrected chi connectivity index (χ2v) is 3.27. The molecule has 2 aromatic heterocycles.